The van der Waals surface area contributed by atoms with Gasteiger partial charge in [-0.25, -0.2) is 0 Å². The van der Waals surface area contributed by atoms with Crippen molar-refractivity contribution in [2.45, 2.75) is 0 Å². The van der Waals surface area contributed by atoms with Crippen molar-refractivity contribution >= 4 is 0 Å². The first-order valence-electron chi connectivity index (χ1n) is 0. The summed E-state index contributed by atoms with van der Waals surface area (Å²) in [6.45, 7) is 0. The number of hydrogen-bond donors (Lipinski definition) is 0. The van der Waals surface area contributed by atoms with Crippen LogP contribution in [0.3, 0.4) is 0 Å². The maximum Gasteiger partial charge on any atom is 0 e. The van der Waals surface area contributed by atoms with Crippen LogP contribution in [-0.4, -0.2) is 0 Å². The summed E-state index contributed by atoms with van der Waals surface area (Å²) in [5.74, 6) is 0. The molecule has 0 nitrogen and oxygen atoms in total. The molecule has 0 spiro atoms. The second-order valence-electron chi connectivity index (χ2n) is 0. The maximum absolute atomic E-state index is 0. The van der Waals surface area contributed by atoms with E-state index in [9.17, 15) is 0 Å². The molecule has 0 N–H and O–H groups in total. The standard InChI is InChI=1S/Cu.Fe.Ir.Zn. The Morgan fingerprint density at radius 1 is 1.00 bits per heavy atom. The molecule has 0 aromatic rings. The Labute approximate surface area is 72.9 Å². The van der Waals surface area contributed by atoms with Crippen molar-refractivity contribution in [1.29, 1.82) is 0 Å². The molecule has 0 fully saturated rings. The number of hydrogen-bond acceptors (Lipinski definition) is 0. The van der Waals surface area contributed by atoms with Gasteiger partial charge in [-0.3, -0.25) is 0 Å². The van der Waals surface area contributed by atoms with E-state index in [1.165, 1.54) is 0 Å². The van der Waals surface area contributed by atoms with Gasteiger partial charge in [-0.05, 0) is 0 Å². The molecule has 0 rings (SSSR count). The van der Waals surface area contributed by atoms with Crippen LogP contribution in [0.15, 0.2) is 0 Å². The summed E-state index contributed by atoms with van der Waals surface area (Å²) < 4.78 is 0. The van der Waals surface area contributed by atoms with Crippen molar-refractivity contribution in [3.63, 3.8) is 0 Å². The third-order valence-electron chi connectivity index (χ3n) is 0. The molecule has 4 heavy (non-hydrogen) atoms. The van der Waals surface area contributed by atoms with Crippen molar-refractivity contribution in [3.05, 3.63) is 0 Å². The van der Waals surface area contributed by atoms with E-state index in [0.29, 0.717) is 0 Å². The summed E-state index contributed by atoms with van der Waals surface area (Å²) >= 11 is 0. The molecule has 0 amide bonds. The second kappa shape index (κ2) is 18.5. The molecule has 0 aliphatic rings. The summed E-state index contributed by atoms with van der Waals surface area (Å²) in [5.41, 5.74) is 0. The largest absolute Gasteiger partial charge is 0 e. The Kier molecular flexibility index (Phi) is 154. The third kappa shape index (κ3) is 8.85. The van der Waals surface area contributed by atoms with Gasteiger partial charge in [-0.1, -0.05) is 0 Å². The van der Waals surface area contributed by atoms with Gasteiger partial charge in [0, 0.05) is 73.7 Å². The topological polar surface area (TPSA) is 0 Å². The number of rotatable bonds is 0. The van der Waals surface area contributed by atoms with Crippen LogP contribution in [0.4, 0.5) is 0 Å². The van der Waals surface area contributed by atoms with Gasteiger partial charge in [-0.15, -0.1) is 0 Å². The monoisotopic (exact) mass is 376 g/mol. The van der Waals surface area contributed by atoms with Gasteiger partial charge in [0.25, 0.3) is 0 Å². The molecule has 0 heterocycles. The molecule has 0 aliphatic carbocycles. The minimum Gasteiger partial charge on any atom is 0 e. The predicted octanol–water partition coefficient (Wildman–Crippen LogP) is -0.0100. The van der Waals surface area contributed by atoms with E-state index in [0.717, 1.165) is 0 Å². The first-order valence-corrected chi connectivity index (χ1v) is 0. The van der Waals surface area contributed by atoms with E-state index in [4.69, 9.17) is 0 Å². The van der Waals surface area contributed by atoms with E-state index in [2.05, 4.69) is 0 Å². The molecule has 0 atom stereocenters. The van der Waals surface area contributed by atoms with Gasteiger partial charge in [0.05, 0.1) is 0 Å². The smallest absolute Gasteiger partial charge is 0 e. The SMILES string of the molecule is [Cu].[Fe].[Ir].[Zn]. The summed E-state index contributed by atoms with van der Waals surface area (Å²) in [6, 6.07) is 0. The Morgan fingerprint density at radius 2 is 1.00 bits per heavy atom. The van der Waals surface area contributed by atoms with Crippen LogP contribution < -0.4 is 0 Å². The fraction of sp³-hybridized carbons (Fsp3) is 0. The maximum atomic E-state index is 0. The molecule has 2 radical (unpaired) electrons. The van der Waals surface area contributed by atoms with Crippen LogP contribution in [0.25, 0.3) is 0 Å². The van der Waals surface area contributed by atoms with E-state index in [1.54, 1.807) is 0 Å². The zero-order chi connectivity index (χ0) is 0. The minimum atomic E-state index is 0. The average Bonchev–Trinajstić information content (AvgIpc) is 0. The zero-order valence-corrected chi connectivity index (χ0v) is 9.10. The molecule has 0 unspecified atom stereocenters. The fourth-order valence-corrected chi connectivity index (χ4v) is 0. The van der Waals surface area contributed by atoms with Crippen molar-refractivity contribution in [2.75, 3.05) is 0 Å². The summed E-state index contributed by atoms with van der Waals surface area (Å²) in [7, 11) is 0. The molecule has 30 valence electrons. The van der Waals surface area contributed by atoms with Crippen LogP contribution in [0.1, 0.15) is 0 Å². The van der Waals surface area contributed by atoms with E-state index < -0.39 is 0 Å². The first-order chi connectivity index (χ1) is 0. The van der Waals surface area contributed by atoms with Gasteiger partial charge in [0.15, 0.2) is 0 Å². The quantitative estimate of drug-likeness (QED) is 0.522. The summed E-state index contributed by atoms with van der Waals surface area (Å²) in [6.07, 6.45) is 0. The van der Waals surface area contributed by atoms with Crippen molar-refractivity contribution in [3.8, 4) is 0 Å². The van der Waals surface area contributed by atoms with Crippen LogP contribution in [0, 0.1) is 0 Å². The molecule has 0 aromatic heterocycles. The molecule has 0 saturated carbocycles. The Hall–Kier alpha value is 2.31. The van der Waals surface area contributed by atoms with Crippen molar-refractivity contribution in [2.24, 2.45) is 0 Å². The summed E-state index contributed by atoms with van der Waals surface area (Å²) in [5, 5.41) is 0. The van der Waals surface area contributed by atoms with Crippen LogP contribution in [0.2, 0.25) is 0 Å². The van der Waals surface area contributed by atoms with Crippen LogP contribution in [-0.2, 0) is 73.7 Å². The molecule has 0 aromatic carbocycles. The molecule has 0 bridgehead atoms. The van der Waals surface area contributed by atoms with Crippen molar-refractivity contribution < 1.29 is 73.7 Å². The predicted molar refractivity (Wildman–Crippen MR) is 0 cm³/mol. The molecular weight excluding hydrogens is 377 g/mol. The fourth-order valence-electron chi connectivity index (χ4n) is 0. The molecule has 0 aliphatic heterocycles. The third-order valence-corrected chi connectivity index (χ3v) is 0. The first kappa shape index (κ1) is 33.3. The van der Waals surface area contributed by atoms with E-state index in [-0.39, 0.29) is 73.7 Å². The van der Waals surface area contributed by atoms with Gasteiger partial charge < -0.3 is 0 Å². The summed E-state index contributed by atoms with van der Waals surface area (Å²) in [4.78, 5) is 0. The molecule has 4 heteroatoms. The molecular formula is CuFeIrZn. The van der Waals surface area contributed by atoms with Gasteiger partial charge >= 0.3 is 0 Å². The Balaban J connectivity index is 0. The van der Waals surface area contributed by atoms with Crippen LogP contribution in [0.5, 0.6) is 0 Å². The normalized spacial score (nSPS) is 0. The van der Waals surface area contributed by atoms with Gasteiger partial charge in [0.2, 0.25) is 0 Å². The van der Waals surface area contributed by atoms with Crippen molar-refractivity contribution in [1.82, 2.24) is 0 Å². The van der Waals surface area contributed by atoms with E-state index >= 15 is 0 Å². The zero-order valence-electron chi connectivity index (χ0n) is 1.70. The Morgan fingerprint density at radius 3 is 1.00 bits per heavy atom. The van der Waals surface area contributed by atoms with E-state index in [1.807, 2.05) is 0 Å². The van der Waals surface area contributed by atoms with Gasteiger partial charge in [-0.2, -0.15) is 0 Å². The molecule has 0 saturated heterocycles. The van der Waals surface area contributed by atoms with Crippen LogP contribution >= 0.6 is 0 Å². The minimum absolute atomic E-state index is 0. The van der Waals surface area contributed by atoms with Gasteiger partial charge in [0.1, 0.15) is 0 Å². The Bertz CT molecular complexity index is 8.00. The second-order valence-corrected chi connectivity index (χ2v) is 0. The average molecular weight is 377 g/mol.